The van der Waals surface area contributed by atoms with Crippen LogP contribution in [0.25, 0.3) is 11.1 Å². The van der Waals surface area contributed by atoms with Crippen LogP contribution in [0.4, 0.5) is 0 Å². The van der Waals surface area contributed by atoms with Gasteiger partial charge in [0.25, 0.3) is 0 Å². The molecule has 158 valence electrons. The average Bonchev–Trinajstić information content (AvgIpc) is 3.41. The van der Waals surface area contributed by atoms with Gasteiger partial charge in [0.1, 0.15) is 12.7 Å². The third-order valence-corrected chi connectivity index (χ3v) is 5.47. The highest BCUT2D eigenvalue weighted by molar-refractivity contribution is 5.96. The van der Waals surface area contributed by atoms with Gasteiger partial charge in [-0.15, -0.1) is 0 Å². The molecule has 2 aromatic rings. The average molecular weight is 412 g/mol. The van der Waals surface area contributed by atoms with Gasteiger partial charge in [0.05, 0.1) is 19.8 Å². The van der Waals surface area contributed by atoms with E-state index in [0.717, 1.165) is 36.8 Å². The van der Waals surface area contributed by atoms with E-state index in [-0.39, 0.29) is 25.3 Å². The Balaban J connectivity index is 1.68. The summed E-state index contributed by atoms with van der Waals surface area (Å²) in [6, 6.07) is 8.97. The van der Waals surface area contributed by atoms with Gasteiger partial charge < -0.3 is 23.7 Å². The Bertz CT molecular complexity index is 960. The second-order valence-corrected chi connectivity index (χ2v) is 7.27. The number of cyclic esters (lactones) is 1. The van der Waals surface area contributed by atoms with Crippen molar-refractivity contribution in [1.29, 1.82) is 0 Å². The van der Waals surface area contributed by atoms with Crippen molar-refractivity contribution in [2.75, 3.05) is 20.8 Å². The molecule has 30 heavy (non-hydrogen) atoms. The number of benzene rings is 2. The fraction of sp³-hybridized carbons (Fsp3) is 0.391. The Morgan fingerprint density at radius 2 is 1.77 bits per heavy atom. The first kappa shape index (κ1) is 20.1. The zero-order chi connectivity index (χ0) is 21.1. The predicted octanol–water partition coefficient (Wildman–Crippen LogP) is 3.91. The Hall–Kier alpha value is -3.22. The molecule has 0 unspecified atom stereocenters. The quantitative estimate of drug-likeness (QED) is 0.638. The first-order chi connectivity index (χ1) is 14.6. The van der Waals surface area contributed by atoms with Crippen LogP contribution < -0.4 is 14.2 Å². The Kier molecular flexibility index (Phi) is 5.79. The molecule has 1 aliphatic carbocycles. The summed E-state index contributed by atoms with van der Waals surface area (Å²) in [5, 5.41) is 0. The molecular formula is C23H24O7. The summed E-state index contributed by atoms with van der Waals surface area (Å²) in [4.78, 5) is 24.3. The summed E-state index contributed by atoms with van der Waals surface area (Å²) in [6.45, 7) is -0.0701. The molecule has 0 spiro atoms. The van der Waals surface area contributed by atoms with E-state index < -0.39 is 5.97 Å². The van der Waals surface area contributed by atoms with Crippen LogP contribution in [0.2, 0.25) is 0 Å². The van der Waals surface area contributed by atoms with Crippen LogP contribution >= 0.6 is 0 Å². The third-order valence-electron chi connectivity index (χ3n) is 5.47. The topological polar surface area (TPSA) is 80.3 Å². The zero-order valence-electron chi connectivity index (χ0n) is 17.1. The van der Waals surface area contributed by atoms with Crippen LogP contribution in [0.1, 0.15) is 41.6 Å². The molecule has 1 saturated carbocycles. The van der Waals surface area contributed by atoms with E-state index in [4.69, 9.17) is 23.7 Å². The lowest BCUT2D eigenvalue weighted by Gasteiger charge is -2.19. The molecule has 0 amide bonds. The predicted molar refractivity (Wildman–Crippen MR) is 108 cm³/mol. The van der Waals surface area contributed by atoms with Gasteiger partial charge in [0, 0.05) is 11.1 Å². The number of methoxy groups -OCH3 is 2. The molecule has 2 aliphatic rings. The molecule has 2 aromatic carbocycles. The molecule has 7 heteroatoms. The summed E-state index contributed by atoms with van der Waals surface area (Å²) >= 11 is 0. The van der Waals surface area contributed by atoms with E-state index in [1.54, 1.807) is 18.2 Å². The number of hydrogen-bond acceptors (Lipinski definition) is 7. The molecule has 1 heterocycles. The van der Waals surface area contributed by atoms with Gasteiger partial charge in [-0.25, -0.2) is 9.59 Å². The molecule has 0 radical (unpaired) electrons. The monoisotopic (exact) mass is 412 g/mol. The SMILES string of the molecule is COc1ccc(-c2cccc3c2COC3=O)c(OCC(=O)OC2CCCC2)c1OC. The van der Waals surface area contributed by atoms with Gasteiger partial charge in [-0.2, -0.15) is 0 Å². The summed E-state index contributed by atoms with van der Waals surface area (Å²) in [7, 11) is 3.04. The molecule has 0 aromatic heterocycles. The molecule has 1 fully saturated rings. The van der Waals surface area contributed by atoms with Crippen molar-refractivity contribution in [2.24, 2.45) is 0 Å². The van der Waals surface area contributed by atoms with E-state index in [2.05, 4.69) is 0 Å². The van der Waals surface area contributed by atoms with E-state index in [0.29, 0.717) is 28.4 Å². The van der Waals surface area contributed by atoms with Crippen molar-refractivity contribution in [1.82, 2.24) is 0 Å². The smallest absolute Gasteiger partial charge is 0.344 e. The van der Waals surface area contributed by atoms with Crippen molar-refractivity contribution < 1.29 is 33.3 Å². The maximum Gasteiger partial charge on any atom is 0.344 e. The minimum atomic E-state index is -0.422. The summed E-state index contributed by atoms with van der Waals surface area (Å²) in [5.74, 6) is 0.421. The molecular weight excluding hydrogens is 388 g/mol. The number of carbonyl (C=O) groups is 2. The minimum Gasteiger partial charge on any atom is -0.493 e. The number of hydrogen-bond donors (Lipinski definition) is 0. The van der Waals surface area contributed by atoms with Gasteiger partial charge in [0.2, 0.25) is 5.75 Å². The van der Waals surface area contributed by atoms with Crippen LogP contribution in [-0.4, -0.2) is 38.9 Å². The standard InChI is InChI=1S/C23H24O7/c1-26-19-11-10-16(15-8-5-9-17-18(15)12-29-23(17)25)21(22(19)27-2)28-13-20(24)30-14-6-3-4-7-14/h5,8-11,14H,3-4,6-7,12-13H2,1-2H3. The van der Waals surface area contributed by atoms with E-state index in [1.807, 2.05) is 12.1 Å². The number of ether oxygens (including phenoxy) is 5. The molecule has 7 nitrogen and oxygen atoms in total. The summed E-state index contributed by atoms with van der Waals surface area (Å²) in [6.07, 6.45) is 3.90. The van der Waals surface area contributed by atoms with Gasteiger partial charge in [-0.3, -0.25) is 0 Å². The van der Waals surface area contributed by atoms with Crippen molar-refractivity contribution in [2.45, 2.75) is 38.4 Å². The fourth-order valence-electron chi connectivity index (χ4n) is 4.01. The molecule has 1 aliphatic heterocycles. The number of rotatable bonds is 7. The molecule has 0 atom stereocenters. The lowest BCUT2D eigenvalue weighted by Crippen LogP contribution is -2.21. The fourth-order valence-corrected chi connectivity index (χ4v) is 4.01. The highest BCUT2D eigenvalue weighted by Gasteiger charge is 2.28. The minimum absolute atomic E-state index is 0.0340. The van der Waals surface area contributed by atoms with Crippen LogP contribution in [0.5, 0.6) is 17.2 Å². The highest BCUT2D eigenvalue weighted by Crippen LogP contribution is 2.46. The molecule has 0 saturated heterocycles. The number of fused-ring (bicyclic) bond motifs is 1. The normalized spacial score (nSPS) is 15.5. The Morgan fingerprint density at radius 1 is 1.00 bits per heavy atom. The molecule has 0 N–H and O–H groups in total. The van der Waals surface area contributed by atoms with Crippen molar-refractivity contribution in [3.63, 3.8) is 0 Å². The number of carbonyl (C=O) groups excluding carboxylic acids is 2. The van der Waals surface area contributed by atoms with E-state index >= 15 is 0 Å². The second-order valence-electron chi connectivity index (χ2n) is 7.27. The van der Waals surface area contributed by atoms with Crippen LogP contribution in [0, 0.1) is 0 Å². The van der Waals surface area contributed by atoms with Gasteiger partial charge in [-0.05, 0) is 49.4 Å². The lowest BCUT2D eigenvalue weighted by molar-refractivity contribution is -0.151. The largest absolute Gasteiger partial charge is 0.493 e. The first-order valence-electron chi connectivity index (χ1n) is 9.99. The maximum atomic E-state index is 12.3. The van der Waals surface area contributed by atoms with Crippen molar-refractivity contribution >= 4 is 11.9 Å². The van der Waals surface area contributed by atoms with E-state index in [1.165, 1.54) is 14.2 Å². The summed E-state index contributed by atoms with van der Waals surface area (Å²) in [5.41, 5.74) is 2.75. The van der Waals surface area contributed by atoms with Crippen molar-refractivity contribution in [3.05, 3.63) is 41.5 Å². The molecule has 0 bridgehead atoms. The molecule has 4 rings (SSSR count). The lowest BCUT2D eigenvalue weighted by atomic mass is 9.95. The second kappa shape index (κ2) is 8.65. The Labute approximate surface area is 174 Å². The Morgan fingerprint density at radius 3 is 2.50 bits per heavy atom. The van der Waals surface area contributed by atoms with Crippen LogP contribution in [-0.2, 0) is 20.9 Å². The van der Waals surface area contributed by atoms with Crippen LogP contribution in [0.3, 0.4) is 0 Å². The highest BCUT2D eigenvalue weighted by atomic mass is 16.6. The van der Waals surface area contributed by atoms with Crippen molar-refractivity contribution in [3.8, 4) is 28.4 Å². The van der Waals surface area contributed by atoms with Gasteiger partial charge >= 0.3 is 11.9 Å². The third kappa shape index (κ3) is 3.79. The van der Waals surface area contributed by atoms with Gasteiger partial charge in [-0.1, -0.05) is 12.1 Å². The van der Waals surface area contributed by atoms with Crippen LogP contribution in [0.15, 0.2) is 30.3 Å². The summed E-state index contributed by atoms with van der Waals surface area (Å²) < 4.78 is 27.5. The van der Waals surface area contributed by atoms with E-state index in [9.17, 15) is 9.59 Å². The maximum absolute atomic E-state index is 12.3. The first-order valence-corrected chi connectivity index (χ1v) is 9.99. The van der Waals surface area contributed by atoms with Gasteiger partial charge in [0.15, 0.2) is 18.1 Å². The number of esters is 2. The zero-order valence-corrected chi connectivity index (χ0v) is 17.1.